The maximum Gasteiger partial charge on any atom is 0.200 e. The van der Waals surface area contributed by atoms with Crippen molar-refractivity contribution in [2.45, 2.75) is 0 Å². The van der Waals surface area contributed by atoms with Gasteiger partial charge in [0.25, 0.3) is 0 Å². The van der Waals surface area contributed by atoms with Crippen LogP contribution in [-0.2, 0) is 0 Å². The van der Waals surface area contributed by atoms with Crippen molar-refractivity contribution in [3.05, 3.63) is 63.6 Å². The largest absolute Gasteiger partial charge is 0.481 e. The van der Waals surface area contributed by atoms with Crippen molar-refractivity contribution in [1.82, 2.24) is 0 Å². The van der Waals surface area contributed by atoms with Crippen molar-refractivity contribution in [3.63, 3.8) is 0 Å². The Morgan fingerprint density at radius 3 is 2.48 bits per heavy atom. The van der Waals surface area contributed by atoms with Crippen molar-refractivity contribution < 1.29 is 18.3 Å². The minimum absolute atomic E-state index is 0.0904. The molecule has 0 radical (unpaired) electrons. The highest BCUT2D eigenvalue weighted by Crippen LogP contribution is 2.29. The van der Waals surface area contributed by atoms with E-state index < -0.39 is 18.2 Å². The Morgan fingerprint density at radius 2 is 1.90 bits per heavy atom. The molecule has 2 aromatic rings. The van der Waals surface area contributed by atoms with E-state index in [1.807, 2.05) is 6.07 Å². The SMILES string of the molecule is N#Cc1ccc(C(=O)COc2c(F)cc(F)cc2Br)cc1. The molecule has 0 aromatic heterocycles. The lowest BCUT2D eigenvalue weighted by Crippen LogP contribution is -2.12. The molecule has 106 valence electrons. The van der Waals surface area contributed by atoms with E-state index in [4.69, 9.17) is 10.00 Å². The molecule has 0 aliphatic heterocycles. The Balaban J connectivity index is 2.09. The summed E-state index contributed by atoms with van der Waals surface area (Å²) in [6, 6.07) is 9.63. The molecule has 0 fully saturated rings. The van der Waals surface area contributed by atoms with Crippen molar-refractivity contribution >= 4 is 21.7 Å². The molecule has 21 heavy (non-hydrogen) atoms. The van der Waals surface area contributed by atoms with Crippen LogP contribution in [0.2, 0.25) is 0 Å². The Hall–Kier alpha value is -2.26. The second kappa shape index (κ2) is 6.46. The van der Waals surface area contributed by atoms with Gasteiger partial charge in [-0.3, -0.25) is 4.79 Å². The summed E-state index contributed by atoms with van der Waals surface area (Å²) >= 11 is 2.97. The predicted molar refractivity (Wildman–Crippen MR) is 75.0 cm³/mol. The summed E-state index contributed by atoms with van der Waals surface area (Å²) in [5, 5.41) is 8.67. The highest BCUT2D eigenvalue weighted by Gasteiger charge is 2.13. The molecule has 0 saturated heterocycles. The van der Waals surface area contributed by atoms with E-state index in [9.17, 15) is 13.6 Å². The van der Waals surface area contributed by atoms with Gasteiger partial charge in [-0.05, 0) is 46.3 Å². The first-order valence-electron chi connectivity index (χ1n) is 5.82. The van der Waals surface area contributed by atoms with E-state index in [0.717, 1.165) is 6.07 Å². The van der Waals surface area contributed by atoms with E-state index >= 15 is 0 Å². The van der Waals surface area contributed by atoms with E-state index in [1.54, 1.807) is 0 Å². The monoisotopic (exact) mass is 351 g/mol. The molecular formula is C15H8BrF2NO2. The molecule has 0 atom stereocenters. The Kier molecular flexibility index (Phi) is 4.66. The number of carbonyl (C=O) groups is 1. The van der Waals surface area contributed by atoms with Crippen LogP contribution in [-0.4, -0.2) is 12.4 Å². The second-order valence-electron chi connectivity index (χ2n) is 4.10. The van der Waals surface area contributed by atoms with Gasteiger partial charge in [-0.25, -0.2) is 8.78 Å². The summed E-state index contributed by atoms with van der Waals surface area (Å²) < 4.78 is 31.6. The average molecular weight is 352 g/mol. The van der Waals surface area contributed by atoms with Gasteiger partial charge in [0, 0.05) is 11.6 Å². The van der Waals surface area contributed by atoms with E-state index in [0.29, 0.717) is 17.2 Å². The van der Waals surface area contributed by atoms with Crippen LogP contribution >= 0.6 is 15.9 Å². The van der Waals surface area contributed by atoms with Gasteiger partial charge in [0.2, 0.25) is 0 Å². The number of benzene rings is 2. The van der Waals surface area contributed by atoms with Gasteiger partial charge in [0.05, 0.1) is 16.1 Å². The number of carbonyl (C=O) groups excluding carboxylic acids is 1. The molecule has 3 nitrogen and oxygen atoms in total. The highest BCUT2D eigenvalue weighted by atomic mass is 79.9. The molecule has 0 spiro atoms. The Morgan fingerprint density at radius 1 is 1.24 bits per heavy atom. The molecule has 0 heterocycles. The van der Waals surface area contributed by atoms with E-state index in [-0.39, 0.29) is 16.0 Å². The zero-order chi connectivity index (χ0) is 15.4. The van der Waals surface area contributed by atoms with Crippen LogP contribution in [0.1, 0.15) is 15.9 Å². The summed E-state index contributed by atoms with van der Waals surface area (Å²) in [6.45, 7) is -0.396. The number of ketones is 1. The lowest BCUT2D eigenvalue weighted by atomic mass is 10.1. The summed E-state index contributed by atoms with van der Waals surface area (Å²) in [5.74, 6) is -2.24. The van der Waals surface area contributed by atoms with Crippen LogP contribution < -0.4 is 4.74 Å². The Bertz CT molecular complexity index is 700. The second-order valence-corrected chi connectivity index (χ2v) is 4.95. The Labute approximate surface area is 127 Å². The lowest BCUT2D eigenvalue weighted by molar-refractivity contribution is 0.0918. The van der Waals surface area contributed by atoms with Crippen molar-refractivity contribution in [1.29, 1.82) is 5.26 Å². The fraction of sp³-hybridized carbons (Fsp3) is 0.0667. The van der Waals surface area contributed by atoms with Crippen molar-refractivity contribution in [2.24, 2.45) is 0 Å². The van der Waals surface area contributed by atoms with Crippen molar-refractivity contribution in [3.8, 4) is 11.8 Å². The summed E-state index contributed by atoms with van der Waals surface area (Å²) in [4.78, 5) is 11.9. The van der Waals surface area contributed by atoms with Crippen molar-refractivity contribution in [2.75, 3.05) is 6.61 Å². The normalized spacial score (nSPS) is 10.0. The van der Waals surface area contributed by atoms with Crippen LogP contribution in [0.3, 0.4) is 0 Å². The third kappa shape index (κ3) is 3.64. The first-order valence-corrected chi connectivity index (χ1v) is 6.61. The van der Waals surface area contributed by atoms with Crippen LogP contribution in [0.25, 0.3) is 0 Å². The van der Waals surface area contributed by atoms with Gasteiger partial charge in [0.1, 0.15) is 5.82 Å². The molecule has 0 aliphatic carbocycles. The smallest absolute Gasteiger partial charge is 0.200 e. The summed E-state index contributed by atoms with van der Waals surface area (Å²) in [6.07, 6.45) is 0. The molecule has 6 heteroatoms. The molecule has 0 saturated carbocycles. The number of rotatable bonds is 4. The van der Waals surface area contributed by atoms with Gasteiger partial charge in [-0.1, -0.05) is 0 Å². The van der Waals surface area contributed by atoms with Gasteiger partial charge < -0.3 is 4.74 Å². The first-order chi connectivity index (χ1) is 10.0. The van der Waals surface area contributed by atoms with Gasteiger partial charge in [-0.15, -0.1) is 0 Å². The topological polar surface area (TPSA) is 50.1 Å². The molecule has 0 bridgehead atoms. The molecule has 2 rings (SSSR count). The first kappa shape index (κ1) is 15.1. The average Bonchev–Trinajstić information content (AvgIpc) is 2.46. The third-order valence-corrected chi connectivity index (χ3v) is 3.24. The fourth-order valence-electron chi connectivity index (χ4n) is 1.62. The summed E-state index contributed by atoms with van der Waals surface area (Å²) in [5.41, 5.74) is 0.771. The zero-order valence-corrected chi connectivity index (χ0v) is 12.2. The molecular weight excluding hydrogens is 344 g/mol. The molecule has 2 aromatic carbocycles. The van der Waals surface area contributed by atoms with Crippen LogP contribution in [0, 0.1) is 23.0 Å². The predicted octanol–water partition coefficient (Wildman–Crippen LogP) is 3.86. The minimum Gasteiger partial charge on any atom is -0.481 e. The molecule has 0 N–H and O–H groups in total. The highest BCUT2D eigenvalue weighted by molar-refractivity contribution is 9.10. The summed E-state index contributed by atoms with van der Waals surface area (Å²) in [7, 11) is 0. The molecule has 0 unspecified atom stereocenters. The minimum atomic E-state index is -0.894. The van der Waals surface area contributed by atoms with Gasteiger partial charge >= 0.3 is 0 Å². The third-order valence-electron chi connectivity index (χ3n) is 2.65. The maximum absolute atomic E-state index is 13.5. The standard InChI is InChI=1S/C15H8BrF2NO2/c16-12-5-11(17)6-13(18)15(12)21-8-14(20)10-3-1-9(7-19)2-4-10/h1-6H,8H2. The number of halogens is 3. The van der Waals surface area contributed by atoms with Gasteiger partial charge in [0.15, 0.2) is 24.0 Å². The number of hydrogen-bond donors (Lipinski definition) is 0. The zero-order valence-electron chi connectivity index (χ0n) is 10.6. The molecule has 0 amide bonds. The lowest BCUT2D eigenvalue weighted by Gasteiger charge is -2.09. The van der Waals surface area contributed by atoms with E-state index in [2.05, 4.69) is 15.9 Å². The van der Waals surface area contributed by atoms with Crippen LogP contribution in [0.4, 0.5) is 8.78 Å². The quantitative estimate of drug-likeness (QED) is 0.786. The van der Waals surface area contributed by atoms with Gasteiger partial charge in [-0.2, -0.15) is 5.26 Å². The fourth-order valence-corrected chi connectivity index (χ4v) is 2.14. The van der Waals surface area contributed by atoms with Crippen LogP contribution in [0.5, 0.6) is 5.75 Å². The number of hydrogen-bond acceptors (Lipinski definition) is 3. The maximum atomic E-state index is 13.5. The number of Topliss-reactive ketones (excluding diaryl/α,β-unsaturated/α-hetero) is 1. The van der Waals surface area contributed by atoms with E-state index in [1.165, 1.54) is 24.3 Å². The molecule has 0 aliphatic rings. The number of nitrogens with zero attached hydrogens (tertiary/aromatic N) is 1. The number of ether oxygens (including phenoxy) is 1. The van der Waals surface area contributed by atoms with Crippen LogP contribution in [0.15, 0.2) is 40.9 Å². The number of nitriles is 1.